The third-order valence-corrected chi connectivity index (χ3v) is 3.21. The molecular weight excluding hydrogens is 200 g/mol. The predicted molar refractivity (Wildman–Crippen MR) is 63.1 cm³/mol. The van der Waals surface area contributed by atoms with Crippen molar-refractivity contribution in [3.8, 4) is 6.07 Å². The van der Waals surface area contributed by atoms with Crippen LogP contribution in [0.1, 0.15) is 30.4 Å². The summed E-state index contributed by atoms with van der Waals surface area (Å²) in [5, 5.41) is 18.9. The van der Waals surface area contributed by atoms with Gasteiger partial charge in [-0.3, -0.25) is 0 Å². The lowest BCUT2D eigenvalue weighted by Crippen LogP contribution is -2.39. The van der Waals surface area contributed by atoms with Crippen LogP contribution in [0.15, 0.2) is 18.2 Å². The van der Waals surface area contributed by atoms with Crippen LogP contribution in [0.2, 0.25) is 0 Å². The third-order valence-electron chi connectivity index (χ3n) is 3.21. The molecule has 1 atom stereocenters. The molecule has 1 aliphatic rings. The van der Waals surface area contributed by atoms with Gasteiger partial charge in [0.25, 0.3) is 0 Å². The summed E-state index contributed by atoms with van der Waals surface area (Å²) in [5.74, 6) is 0. The second-order valence-corrected chi connectivity index (χ2v) is 4.23. The molecule has 3 heteroatoms. The minimum Gasteiger partial charge on any atom is -0.374 e. The largest absolute Gasteiger partial charge is 0.374 e. The van der Waals surface area contributed by atoms with Crippen molar-refractivity contribution in [1.82, 2.24) is 0 Å². The Morgan fingerprint density at radius 1 is 1.44 bits per heavy atom. The molecule has 0 radical (unpaired) electrons. The van der Waals surface area contributed by atoms with E-state index in [-0.39, 0.29) is 0 Å². The first-order valence-corrected chi connectivity index (χ1v) is 5.68. The van der Waals surface area contributed by atoms with Crippen LogP contribution in [-0.4, -0.2) is 17.9 Å². The average Bonchev–Trinajstić information content (AvgIpc) is 2.31. The summed E-state index contributed by atoms with van der Waals surface area (Å²) < 4.78 is 0. The van der Waals surface area contributed by atoms with Gasteiger partial charge in [-0.05, 0) is 43.9 Å². The van der Waals surface area contributed by atoms with Gasteiger partial charge in [0.15, 0.2) is 0 Å². The number of benzene rings is 1. The van der Waals surface area contributed by atoms with Gasteiger partial charge in [0.05, 0.1) is 11.6 Å². The van der Waals surface area contributed by atoms with Crippen LogP contribution >= 0.6 is 0 Å². The van der Waals surface area contributed by atoms with Gasteiger partial charge in [-0.25, -0.2) is 0 Å². The Bertz CT molecular complexity index is 422. The molecule has 1 aromatic rings. The number of nitrogens with zero attached hydrogens (tertiary/aromatic N) is 2. The maximum atomic E-state index is 9.95. The fourth-order valence-corrected chi connectivity index (χ4v) is 2.25. The smallest absolute Gasteiger partial charge is 0.126 e. The molecule has 3 nitrogen and oxygen atoms in total. The summed E-state index contributed by atoms with van der Waals surface area (Å²) in [6, 6.07) is 7.85. The molecule has 1 unspecified atom stereocenters. The highest BCUT2D eigenvalue weighted by atomic mass is 16.3. The lowest BCUT2D eigenvalue weighted by Gasteiger charge is -2.35. The summed E-state index contributed by atoms with van der Waals surface area (Å²) >= 11 is 0. The molecule has 1 aliphatic heterocycles. The van der Waals surface area contributed by atoms with Crippen LogP contribution < -0.4 is 4.90 Å². The van der Waals surface area contributed by atoms with E-state index in [4.69, 9.17) is 5.26 Å². The minimum absolute atomic E-state index is 0.401. The van der Waals surface area contributed by atoms with Gasteiger partial charge in [-0.1, -0.05) is 6.07 Å². The number of nitriles is 1. The van der Waals surface area contributed by atoms with E-state index in [1.54, 1.807) is 0 Å². The number of hydrogen-bond acceptors (Lipinski definition) is 3. The van der Waals surface area contributed by atoms with Gasteiger partial charge >= 0.3 is 0 Å². The normalized spacial score (nSPS) is 20.6. The van der Waals surface area contributed by atoms with Crippen molar-refractivity contribution in [3.63, 3.8) is 0 Å². The highest BCUT2D eigenvalue weighted by Crippen LogP contribution is 2.28. The van der Waals surface area contributed by atoms with Crippen LogP contribution in [0.25, 0.3) is 0 Å². The molecule has 0 aliphatic carbocycles. The summed E-state index contributed by atoms with van der Waals surface area (Å²) in [5.41, 5.74) is 2.65. The second-order valence-electron chi connectivity index (χ2n) is 4.23. The Kier molecular flexibility index (Phi) is 3.12. The molecule has 84 valence electrons. The molecule has 0 aromatic heterocycles. The molecule has 1 aromatic carbocycles. The van der Waals surface area contributed by atoms with Gasteiger partial charge in [0.2, 0.25) is 0 Å². The number of aliphatic hydroxyl groups excluding tert-OH is 1. The number of aliphatic hydroxyl groups is 1. The number of rotatable bonds is 1. The zero-order valence-electron chi connectivity index (χ0n) is 9.48. The van der Waals surface area contributed by atoms with Gasteiger partial charge in [-0.15, -0.1) is 0 Å². The quantitative estimate of drug-likeness (QED) is 0.782. The molecule has 1 heterocycles. The number of piperidine rings is 1. The zero-order chi connectivity index (χ0) is 11.5. The molecule has 0 bridgehead atoms. The van der Waals surface area contributed by atoms with Crippen molar-refractivity contribution in [3.05, 3.63) is 29.3 Å². The van der Waals surface area contributed by atoms with E-state index < -0.39 is 6.23 Å². The molecule has 0 spiro atoms. The maximum Gasteiger partial charge on any atom is 0.126 e. The van der Waals surface area contributed by atoms with Crippen LogP contribution in [0, 0.1) is 18.3 Å². The standard InChI is InChI=1S/C13H16N2O/c1-10-11(9-14)5-4-6-12(10)15-8-3-2-7-13(15)16/h4-6,13,16H,2-3,7-8H2,1H3. The first-order chi connectivity index (χ1) is 7.74. The van der Waals surface area contributed by atoms with E-state index in [0.717, 1.165) is 37.1 Å². The first-order valence-electron chi connectivity index (χ1n) is 5.68. The Labute approximate surface area is 95.9 Å². The van der Waals surface area contributed by atoms with Crippen LogP contribution in [-0.2, 0) is 0 Å². The summed E-state index contributed by atoms with van der Waals surface area (Å²) in [4.78, 5) is 2.00. The van der Waals surface area contributed by atoms with Crippen molar-refractivity contribution in [2.75, 3.05) is 11.4 Å². The summed E-state index contributed by atoms with van der Waals surface area (Å²) in [6.07, 6.45) is 2.60. The number of hydrogen-bond donors (Lipinski definition) is 1. The van der Waals surface area contributed by atoms with Gasteiger partial charge in [0.1, 0.15) is 6.23 Å². The van der Waals surface area contributed by atoms with Crippen molar-refractivity contribution < 1.29 is 5.11 Å². The minimum atomic E-state index is -0.401. The fraction of sp³-hybridized carbons (Fsp3) is 0.462. The molecule has 0 saturated carbocycles. The molecule has 1 N–H and O–H groups in total. The lowest BCUT2D eigenvalue weighted by molar-refractivity contribution is 0.140. The highest BCUT2D eigenvalue weighted by Gasteiger charge is 2.21. The third kappa shape index (κ3) is 1.89. The van der Waals surface area contributed by atoms with Gasteiger partial charge < -0.3 is 10.0 Å². The SMILES string of the molecule is Cc1c(C#N)cccc1N1CCCCC1O. The molecule has 16 heavy (non-hydrogen) atoms. The van der Waals surface area contributed by atoms with E-state index >= 15 is 0 Å². The Morgan fingerprint density at radius 2 is 2.25 bits per heavy atom. The molecule has 1 saturated heterocycles. The highest BCUT2D eigenvalue weighted by molar-refractivity contribution is 5.59. The Balaban J connectivity index is 2.36. The fourth-order valence-electron chi connectivity index (χ4n) is 2.25. The molecule has 0 amide bonds. The molecule has 2 rings (SSSR count). The maximum absolute atomic E-state index is 9.95. The Hall–Kier alpha value is -1.53. The topological polar surface area (TPSA) is 47.3 Å². The molecule has 1 fully saturated rings. The molecular formula is C13H16N2O. The zero-order valence-corrected chi connectivity index (χ0v) is 9.48. The Morgan fingerprint density at radius 3 is 2.94 bits per heavy atom. The van der Waals surface area contributed by atoms with E-state index in [2.05, 4.69) is 6.07 Å². The van der Waals surface area contributed by atoms with E-state index in [1.165, 1.54) is 0 Å². The average molecular weight is 216 g/mol. The van der Waals surface area contributed by atoms with Crippen molar-refractivity contribution in [1.29, 1.82) is 5.26 Å². The van der Waals surface area contributed by atoms with E-state index in [1.807, 2.05) is 30.0 Å². The van der Waals surface area contributed by atoms with Crippen LogP contribution in [0.5, 0.6) is 0 Å². The predicted octanol–water partition coefficient (Wildman–Crippen LogP) is 2.18. The summed E-state index contributed by atoms with van der Waals surface area (Å²) in [6.45, 7) is 2.81. The second kappa shape index (κ2) is 4.54. The van der Waals surface area contributed by atoms with E-state index in [9.17, 15) is 5.11 Å². The van der Waals surface area contributed by atoms with Crippen LogP contribution in [0.3, 0.4) is 0 Å². The monoisotopic (exact) mass is 216 g/mol. The van der Waals surface area contributed by atoms with Crippen LogP contribution in [0.4, 0.5) is 5.69 Å². The van der Waals surface area contributed by atoms with Crippen molar-refractivity contribution in [2.45, 2.75) is 32.4 Å². The van der Waals surface area contributed by atoms with Crippen molar-refractivity contribution >= 4 is 5.69 Å². The van der Waals surface area contributed by atoms with Crippen molar-refractivity contribution in [2.24, 2.45) is 0 Å². The van der Waals surface area contributed by atoms with Gasteiger partial charge in [-0.2, -0.15) is 5.26 Å². The lowest BCUT2D eigenvalue weighted by atomic mass is 10.0. The number of anilines is 1. The van der Waals surface area contributed by atoms with E-state index in [0.29, 0.717) is 5.56 Å². The first kappa shape index (κ1) is 11.0. The summed E-state index contributed by atoms with van der Waals surface area (Å²) in [7, 11) is 0. The van der Waals surface area contributed by atoms with Gasteiger partial charge in [0, 0.05) is 12.2 Å².